The predicted molar refractivity (Wildman–Crippen MR) is 348 cm³/mol. The van der Waals surface area contributed by atoms with E-state index < -0.39 is 6.10 Å². The summed E-state index contributed by atoms with van der Waals surface area (Å²) in [6.07, 6.45) is 96.7. The molecular weight excluding hydrogens is 985 g/mol. The maximum absolute atomic E-state index is 12.9. The van der Waals surface area contributed by atoms with Crippen LogP contribution in [0.1, 0.15) is 271 Å². The minimum Gasteiger partial charge on any atom is -0.462 e. The van der Waals surface area contributed by atoms with E-state index in [1.54, 1.807) is 0 Å². The topological polar surface area (TPSA) is 78.9 Å². The summed E-state index contributed by atoms with van der Waals surface area (Å²) in [6.45, 7) is 6.33. The zero-order valence-corrected chi connectivity index (χ0v) is 51.5. The summed E-state index contributed by atoms with van der Waals surface area (Å²) in [7, 11) is 0. The summed E-state index contributed by atoms with van der Waals surface area (Å²) in [5, 5.41) is 0. The van der Waals surface area contributed by atoms with Crippen LogP contribution < -0.4 is 0 Å². The number of carbonyl (C=O) groups is 3. The van der Waals surface area contributed by atoms with Crippen LogP contribution >= 0.6 is 0 Å². The Morgan fingerprint density at radius 1 is 0.263 bits per heavy atom. The fourth-order valence-corrected chi connectivity index (χ4v) is 8.43. The fourth-order valence-electron chi connectivity index (χ4n) is 8.43. The summed E-state index contributed by atoms with van der Waals surface area (Å²) in [5.74, 6) is -0.956. The van der Waals surface area contributed by atoms with Crippen molar-refractivity contribution in [1.29, 1.82) is 0 Å². The molecule has 0 aliphatic carbocycles. The molecule has 0 saturated carbocycles. The molecule has 6 heteroatoms. The molecule has 0 amide bonds. The number of carbonyl (C=O) groups excluding carboxylic acids is 3. The van der Waals surface area contributed by atoms with Gasteiger partial charge < -0.3 is 14.2 Å². The Morgan fingerprint density at radius 2 is 0.487 bits per heavy atom. The Hall–Kier alpha value is -4.97. The molecule has 0 saturated heterocycles. The van der Waals surface area contributed by atoms with Crippen molar-refractivity contribution in [3.63, 3.8) is 0 Å². The minimum atomic E-state index is -0.810. The van der Waals surface area contributed by atoms with Crippen LogP contribution in [0.25, 0.3) is 0 Å². The van der Waals surface area contributed by atoms with Gasteiger partial charge in [0.25, 0.3) is 0 Å². The molecule has 0 fully saturated rings. The number of hydrogen-bond acceptors (Lipinski definition) is 6. The predicted octanol–water partition coefficient (Wildman–Crippen LogP) is 22.5. The number of esters is 3. The third kappa shape index (κ3) is 63.9. The SMILES string of the molecule is CC/C=C\C/C=C\C/C=C\C/C=C\C/C=C\C/C=C\C/C=C\CCCCCC(=O)OCC(COC(=O)CCCCCCC/C=C\C/C=C\CCCC)OC(=O)CCCCCCCCCCCC/C=C\C/C=C\C/C=C\C/C=C\CC. The quantitative estimate of drug-likeness (QED) is 0.0261. The van der Waals surface area contributed by atoms with Gasteiger partial charge in [-0.2, -0.15) is 0 Å². The van der Waals surface area contributed by atoms with E-state index in [0.717, 1.165) is 161 Å². The summed E-state index contributed by atoms with van der Waals surface area (Å²) >= 11 is 0. The van der Waals surface area contributed by atoms with Crippen molar-refractivity contribution in [2.45, 2.75) is 277 Å². The standard InChI is InChI=1S/C74H118O6/c1-4-7-10-13-16-19-22-25-28-30-32-34-36-37-39-40-42-44-46-49-52-55-58-61-64-67-73(76)79-70-71(69-78-72(75)66-63-60-57-54-51-48-27-24-21-18-15-12-9-6-3)80-74(77)68-65-62-59-56-53-50-47-45-43-41-38-35-33-31-29-26-23-20-17-14-11-8-5-2/h7-8,10-11,15-20,24-29,32-35,37,39,42,44,49,52,71H,4-6,9,12-14,21-23,30-31,36,38,40-41,43,45-48,50-51,53-70H2,1-3H3/b10-7-,11-8-,18-15-,19-16-,20-17-,27-24-,28-25-,29-26-,34-32-,35-33-,39-37-,44-42-,52-49-. The molecule has 0 rings (SSSR count). The number of hydrogen-bond donors (Lipinski definition) is 0. The van der Waals surface area contributed by atoms with E-state index in [2.05, 4.69) is 179 Å². The average Bonchev–Trinajstić information content (AvgIpc) is 3.46. The van der Waals surface area contributed by atoms with E-state index in [0.29, 0.717) is 19.3 Å². The lowest BCUT2D eigenvalue weighted by molar-refractivity contribution is -0.167. The second kappa shape index (κ2) is 66.5. The largest absolute Gasteiger partial charge is 0.462 e. The Morgan fingerprint density at radius 3 is 0.775 bits per heavy atom. The molecule has 0 spiro atoms. The monoisotopic (exact) mass is 1100 g/mol. The lowest BCUT2D eigenvalue weighted by atomic mass is 10.0. The molecule has 0 heterocycles. The van der Waals surface area contributed by atoms with Crippen LogP contribution in [0.2, 0.25) is 0 Å². The van der Waals surface area contributed by atoms with Gasteiger partial charge in [0.15, 0.2) is 6.10 Å². The molecule has 6 nitrogen and oxygen atoms in total. The molecule has 0 aromatic rings. The first kappa shape index (κ1) is 75.0. The van der Waals surface area contributed by atoms with Crippen LogP contribution in [-0.4, -0.2) is 37.2 Å². The number of allylic oxidation sites excluding steroid dienone is 26. The number of rotatable bonds is 57. The Balaban J connectivity index is 4.46. The van der Waals surface area contributed by atoms with Gasteiger partial charge in [0, 0.05) is 19.3 Å². The van der Waals surface area contributed by atoms with Gasteiger partial charge in [0.2, 0.25) is 0 Å². The highest BCUT2D eigenvalue weighted by molar-refractivity contribution is 5.71. The maximum Gasteiger partial charge on any atom is 0.306 e. The smallest absolute Gasteiger partial charge is 0.306 e. The highest BCUT2D eigenvalue weighted by Gasteiger charge is 2.19. The van der Waals surface area contributed by atoms with E-state index in [9.17, 15) is 14.4 Å². The van der Waals surface area contributed by atoms with Crippen LogP contribution in [0.15, 0.2) is 158 Å². The molecule has 450 valence electrons. The third-order valence-electron chi connectivity index (χ3n) is 13.2. The van der Waals surface area contributed by atoms with Gasteiger partial charge >= 0.3 is 17.9 Å². The van der Waals surface area contributed by atoms with Crippen LogP contribution in [0.3, 0.4) is 0 Å². The van der Waals surface area contributed by atoms with E-state index in [1.807, 2.05) is 0 Å². The molecule has 0 bridgehead atoms. The molecular formula is C74H118O6. The highest BCUT2D eigenvalue weighted by atomic mass is 16.6. The fraction of sp³-hybridized carbons (Fsp3) is 0.608. The zero-order valence-electron chi connectivity index (χ0n) is 51.5. The van der Waals surface area contributed by atoms with Gasteiger partial charge in [-0.3, -0.25) is 14.4 Å². The summed E-state index contributed by atoms with van der Waals surface area (Å²) in [4.78, 5) is 38.4. The van der Waals surface area contributed by atoms with E-state index in [-0.39, 0.29) is 31.1 Å². The molecule has 0 aliphatic heterocycles. The third-order valence-corrected chi connectivity index (χ3v) is 13.2. The Labute approximate surface area is 492 Å². The Kier molecular flexibility index (Phi) is 62.4. The van der Waals surface area contributed by atoms with Gasteiger partial charge in [-0.25, -0.2) is 0 Å². The molecule has 80 heavy (non-hydrogen) atoms. The normalized spacial score (nSPS) is 13.2. The zero-order chi connectivity index (χ0) is 57.8. The number of unbranched alkanes of at least 4 members (excludes halogenated alkanes) is 20. The van der Waals surface area contributed by atoms with Crippen LogP contribution in [0.4, 0.5) is 0 Å². The molecule has 1 unspecified atom stereocenters. The summed E-state index contributed by atoms with van der Waals surface area (Å²) in [6, 6.07) is 0. The first-order valence-corrected chi connectivity index (χ1v) is 32.5. The lowest BCUT2D eigenvalue weighted by Gasteiger charge is -2.18. The maximum atomic E-state index is 12.9. The number of ether oxygens (including phenoxy) is 3. The average molecular weight is 1100 g/mol. The van der Waals surface area contributed by atoms with Crippen molar-refractivity contribution in [3.05, 3.63) is 158 Å². The van der Waals surface area contributed by atoms with Crippen LogP contribution in [0, 0.1) is 0 Å². The first-order valence-electron chi connectivity index (χ1n) is 32.5. The van der Waals surface area contributed by atoms with Crippen molar-refractivity contribution < 1.29 is 28.6 Å². The first-order chi connectivity index (χ1) is 39.5. The van der Waals surface area contributed by atoms with Gasteiger partial charge in [0.1, 0.15) is 13.2 Å². The summed E-state index contributed by atoms with van der Waals surface area (Å²) < 4.78 is 16.9. The van der Waals surface area contributed by atoms with E-state index in [1.165, 1.54) is 70.6 Å². The minimum absolute atomic E-state index is 0.104. The molecule has 0 aliphatic rings. The molecule has 0 N–H and O–H groups in total. The Bertz CT molecular complexity index is 1790. The van der Waals surface area contributed by atoms with Gasteiger partial charge in [-0.1, -0.05) is 269 Å². The van der Waals surface area contributed by atoms with E-state index in [4.69, 9.17) is 14.2 Å². The summed E-state index contributed by atoms with van der Waals surface area (Å²) in [5.41, 5.74) is 0. The van der Waals surface area contributed by atoms with Crippen molar-refractivity contribution in [2.24, 2.45) is 0 Å². The van der Waals surface area contributed by atoms with Crippen molar-refractivity contribution in [2.75, 3.05) is 13.2 Å². The van der Waals surface area contributed by atoms with Gasteiger partial charge in [-0.15, -0.1) is 0 Å². The van der Waals surface area contributed by atoms with Crippen molar-refractivity contribution >= 4 is 17.9 Å². The van der Waals surface area contributed by atoms with Crippen molar-refractivity contribution in [1.82, 2.24) is 0 Å². The van der Waals surface area contributed by atoms with Gasteiger partial charge in [0.05, 0.1) is 0 Å². The molecule has 0 aromatic heterocycles. The molecule has 1 atom stereocenters. The van der Waals surface area contributed by atoms with Gasteiger partial charge in [-0.05, 0) is 141 Å². The molecule has 0 aromatic carbocycles. The van der Waals surface area contributed by atoms with Crippen LogP contribution in [-0.2, 0) is 28.6 Å². The highest BCUT2D eigenvalue weighted by Crippen LogP contribution is 2.15. The second-order valence-corrected chi connectivity index (χ2v) is 20.9. The second-order valence-electron chi connectivity index (χ2n) is 20.9. The van der Waals surface area contributed by atoms with Crippen LogP contribution in [0.5, 0.6) is 0 Å². The van der Waals surface area contributed by atoms with E-state index >= 15 is 0 Å². The molecule has 0 radical (unpaired) electrons. The lowest BCUT2D eigenvalue weighted by Crippen LogP contribution is -2.30. The van der Waals surface area contributed by atoms with Crippen molar-refractivity contribution in [3.8, 4) is 0 Å².